The number of hydrogen-bond acceptors (Lipinski definition) is 5. The number of β-amino-alcohol motifs (C(OH)–C–C–N with tert-alkyl or cyclic N) is 1. The Hall–Kier alpha value is -2.46. The number of amides is 1. The van der Waals surface area contributed by atoms with Crippen molar-refractivity contribution in [1.29, 1.82) is 5.26 Å². The van der Waals surface area contributed by atoms with Crippen LogP contribution >= 0.6 is 0 Å². The highest BCUT2D eigenvalue weighted by Crippen LogP contribution is 2.20. The standard InChI is InChI=1S/C12H11N3O4/c13-4-7-1-2-9(14-5-7)11(17)15-6-8(16)3-10(15)12(18)19/h1-2,5,8,10,16H,3,6H2,(H,18,19)/t8-,10-/m1/s1. The zero-order valence-electron chi connectivity index (χ0n) is 9.85. The molecule has 1 saturated heterocycles. The number of aliphatic hydroxyl groups excluding tert-OH is 1. The summed E-state index contributed by atoms with van der Waals surface area (Å²) in [5.41, 5.74) is 0.368. The zero-order valence-corrected chi connectivity index (χ0v) is 9.85. The van der Waals surface area contributed by atoms with Crippen molar-refractivity contribution in [1.82, 2.24) is 9.88 Å². The number of aliphatic carboxylic acids is 1. The highest BCUT2D eigenvalue weighted by molar-refractivity contribution is 5.95. The quantitative estimate of drug-likeness (QED) is 0.749. The lowest BCUT2D eigenvalue weighted by Crippen LogP contribution is -2.40. The van der Waals surface area contributed by atoms with E-state index in [1.54, 1.807) is 0 Å². The molecule has 0 aliphatic carbocycles. The molecular formula is C12H11N3O4. The van der Waals surface area contributed by atoms with Crippen LogP contribution in [0.5, 0.6) is 0 Å². The van der Waals surface area contributed by atoms with Gasteiger partial charge >= 0.3 is 5.97 Å². The molecule has 2 N–H and O–H groups in total. The smallest absolute Gasteiger partial charge is 0.326 e. The molecule has 0 radical (unpaired) electrons. The number of nitrogens with zero attached hydrogens (tertiary/aromatic N) is 3. The van der Waals surface area contributed by atoms with Crippen LogP contribution < -0.4 is 0 Å². The van der Waals surface area contributed by atoms with Gasteiger partial charge in [-0.3, -0.25) is 4.79 Å². The first-order valence-corrected chi connectivity index (χ1v) is 5.61. The third kappa shape index (κ3) is 2.53. The fraction of sp³-hybridized carbons (Fsp3) is 0.333. The first-order chi connectivity index (χ1) is 9.02. The summed E-state index contributed by atoms with van der Waals surface area (Å²) >= 11 is 0. The first kappa shape index (κ1) is 13.0. The van der Waals surface area contributed by atoms with Gasteiger partial charge in [0.1, 0.15) is 17.8 Å². The Morgan fingerprint density at radius 1 is 1.47 bits per heavy atom. The molecule has 1 aromatic rings. The molecule has 19 heavy (non-hydrogen) atoms. The monoisotopic (exact) mass is 261 g/mol. The number of aromatic nitrogens is 1. The molecule has 7 heteroatoms. The van der Waals surface area contributed by atoms with E-state index in [0.29, 0.717) is 5.56 Å². The van der Waals surface area contributed by atoms with E-state index in [1.165, 1.54) is 18.3 Å². The molecule has 2 rings (SSSR count). The van der Waals surface area contributed by atoms with Crippen LogP contribution in [0.3, 0.4) is 0 Å². The maximum atomic E-state index is 12.1. The second-order valence-corrected chi connectivity index (χ2v) is 4.24. The van der Waals surface area contributed by atoms with Crippen LogP contribution in [0.15, 0.2) is 18.3 Å². The summed E-state index contributed by atoms with van der Waals surface area (Å²) in [4.78, 5) is 28.0. The lowest BCUT2D eigenvalue weighted by atomic mass is 10.2. The molecule has 1 fully saturated rings. The number of hydrogen-bond donors (Lipinski definition) is 2. The predicted molar refractivity (Wildman–Crippen MR) is 62.0 cm³/mol. The number of likely N-dealkylation sites (tertiary alicyclic amines) is 1. The number of carboxylic acid groups (broad SMARTS) is 1. The van der Waals surface area contributed by atoms with Gasteiger partial charge in [-0.25, -0.2) is 9.78 Å². The summed E-state index contributed by atoms with van der Waals surface area (Å²) in [6.07, 6.45) is 0.413. The number of carbonyl (C=O) groups is 2. The Morgan fingerprint density at radius 3 is 2.74 bits per heavy atom. The highest BCUT2D eigenvalue weighted by atomic mass is 16.4. The largest absolute Gasteiger partial charge is 0.480 e. The molecule has 0 spiro atoms. The van der Waals surface area contributed by atoms with Gasteiger partial charge in [0, 0.05) is 19.2 Å². The molecule has 0 bridgehead atoms. The van der Waals surface area contributed by atoms with Crippen LogP contribution in [0.25, 0.3) is 0 Å². The Bertz CT molecular complexity index is 549. The Balaban J connectivity index is 2.22. The SMILES string of the molecule is N#Cc1ccc(C(=O)N2C[C@H](O)C[C@@H]2C(=O)O)nc1. The molecule has 0 unspecified atom stereocenters. The number of pyridine rings is 1. The molecule has 0 aromatic carbocycles. The Labute approximate surface area is 108 Å². The summed E-state index contributed by atoms with van der Waals surface area (Å²) in [7, 11) is 0. The minimum atomic E-state index is -1.15. The van der Waals surface area contributed by atoms with Crippen molar-refractivity contribution >= 4 is 11.9 Å². The minimum absolute atomic E-state index is 0.0113. The number of carboxylic acids is 1. The zero-order chi connectivity index (χ0) is 14.0. The van der Waals surface area contributed by atoms with Gasteiger partial charge in [0.05, 0.1) is 11.7 Å². The maximum Gasteiger partial charge on any atom is 0.326 e. The fourth-order valence-electron chi connectivity index (χ4n) is 2.01. The summed E-state index contributed by atoms with van der Waals surface area (Å²) in [5, 5.41) is 27.1. The van der Waals surface area contributed by atoms with Crippen molar-refractivity contribution in [2.45, 2.75) is 18.6 Å². The average Bonchev–Trinajstić information content (AvgIpc) is 2.80. The van der Waals surface area contributed by atoms with Gasteiger partial charge in [-0.05, 0) is 12.1 Å². The van der Waals surface area contributed by atoms with Crippen LogP contribution in [-0.2, 0) is 4.79 Å². The van der Waals surface area contributed by atoms with Gasteiger partial charge in [0.25, 0.3) is 5.91 Å². The maximum absolute atomic E-state index is 12.1. The van der Waals surface area contributed by atoms with Crippen molar-refractivity contribution in [3.63, 3.8) is 0 Å². The molecule has 98 valence electrons. The van der Waals surface area contributed by atoms with Crippen molar-refractivity contribution in [2.24, 2.45) is 0 Å². The van der Waals surface area contributed by atoms with E-state index in [9.17, 15) is 14.7 Å². The highest BCUT2D eigenvalue weighted by Gasteiger charge is 2.39. The van der Waals surface area contributed by atoms with Crippen molar-refractivity contribution in [2.75, 3.05) is 6.54 Å². The Kier molecular flexibility index (Phi) is 3.44. The molecule has 2 atom stereocenters. The van der Waals surface area contributed by atoms with E-state index >= 15 is 0 Å². The van der Waals surface area contributed by atoms with Crippen molar-refractivity contribution in [3.8, 4) is 6.07 Å². The van der Waals surface area contributed by atoms with Gasteiger partial charge in [0.15, 0.2) is 0 Å². The number of carbonyl (C=O) groups excluding carboxylic acids is 1. The summed E-state index contributed by atoms with van der Waals surface area (Å²) in [6.45, 7) is -0.0303. The average molecular weight is 261 g/mol. The van der Waals surface area contributed by atoms with E-state index < -0.39 is 24.0 Å². The van der Waals surface area contributed by atoms with Crippen LogP contribution in [0.1, 0.15) is 22.5 Å². The van der Waals surface area contributed by atoms with Gasteiger partial charge in [0.2, 0.25) is 0 Å². The van der Waals surface area contributed by atoms with Crippen LogP contribution in [0, 0.1) is 11.3 Å². The summed E-state index contributed by atoms with van der Waals surface area (Å²) in [6, 6.07) is 3.63. The molecule has 1 aliphatic rings. The lowest BCUT2D eigenvalue weighted by molar-refractivity contribution is -0.141. The molecule has 7 nitrogen and oxygen atoms in total. The normalized spacial score (nSPS) is 22.0. The molecule has 1 aliphatic heterocycles. The molecule has 0 saturated carbocycles. The second kappa shape index (κ2) is 5.04. The molecular weight excluding hydrogens is 250 g/mol. The number of rotatable bonds is 2. The van der Waals surface area contributed by atoms with Gasteiger partial charge in [-0.1, -0.05) is 0 Å². The third-order valence-corrected chi connectivity index (χ3v) is 2.94. The Morgan fingerprint density at radius 2 is 2.21 bits per heavy atom. The summed E-state index contributed by atoms with van der Waals surface area (Å²) in [5.74, 6) is -1.72. The van der Waals surface area contributed by atoms with Crippen LogP contribution in [-0.4, -0.2) is 50.7 Å². The topological polar surface area (TPSA) is 115 Å². The van der Waals surface area contributed by atoms with Gasteiger partial charge in [-0.2, -0.15) is 5.26 Å². The van der Waals surface area contributed by atoms with Crippen molar-refractivity contribution < 1.29 is 19.8 Å². The van der Waals surface area contributed by atoms with Crippen molar-refractivity contribution in [3.05, 3.63) is 29.6 Å². The molecule has 1 amide bonds. The fourth-order valence-corrected chi connectivity index (χ4v) is 2.01. The van der Waals surface area contributed by atoms with E-state index in [2.05, 4.69) is 4.98 Å². The lowest BCUT2D eigenvalue weighted by Gasteiger charge is -2.20. The van der Waals surface area contributed by atoms with Crippen LogP contribution in [0.2, 0.25) is 0 Å². The van der Waals surface area contributed by atoms with Gasteiger partial charge < -0.3 is 15.1 Å². The molecule has 2 heterocycles. The number of aliphatic hydroxyl groups is 1. The minimum Gasteiger partial charge on any atom is -0.480 e. The van der Waals surface area contributed by atoms with E-state index in [-0.39, 0.29) is 18.7 Å². The van der Waals surface area contributed by atoms with E-state index in [0.717, 1.165) is 4.90 Å². The number of nitriles is 1. The van der Waals surface area contributed by atoms with E-state index in [4.69, 9.17) is 10.4 Å². The van der Waals surface area contributed by atoms with Gasteiger partial charge in [-0.15, -0.1) is 0 Å². The first-order valence-electron chi connectivity index (χ1n) is 5.61. The third-order valence-electron chi connectivity index (χ3n) is 2.94. The molecule has 1 aromatic heterocycles. The van der Waals surface area contributed by atoms with E-state index in [1.807, 2.05) is 6.07 Å². The van der Waals surface area contributed by atoms with Crippen LogP contribution in [0.4, 0.5) is 0 Å². The predicted octanol–water partition coefficient (Wildman–Crippen LogP) is -0.387. The second-order valence-electron chi connectivity index (χ2n) is 4.24. The summed E-state index contributed by atoms with van der Waals surface area (Å²) < 4.78 is 0.